The molecule has 0 bridgehead atoms. The van der Waals surface area contributed by atoms with E-state index in [0.29, 0.717) is 11.4 Å². The van der Waals surface area contributed by atoms with E-state index in [2.05, 4.69) is 52.4 Å². The van der Waals surface area contributed by atoms with Gasteiger partial charge in [-0.15, -0.1) is 0 Å². The number of phenols is 1. The molecule has 1 aliphatic heterocycles. The van der Waals surface area contributed by atoms with Crippen molar-refractivity contribution in [2.75, 3.05) is 0 Å². The first-order valence-corrected chi connectivity index (χ1v) is 10.9. The zero-order chi connectivity index (χ0) is 20.4. The van der Waals surface area contributed by atoms with Crippen molar-refractivity contribution in [1.29, 1.82) is 0 Å². The number of halogens is 2. The van der Waals surface area contributed by atoms with Gasteiger partial charge in [-0.2, -0.15) is 0 Å². The summed E-state index contributed by atoms with van der Waals surface area (Å²) in [5, 5.41) is 14.7. The predicted octanol–water partition coefficient (Wildman–Crippen LogP) is 6.59. The zero-order valence-corrected chi connectivity index (χ0v) is 18.4. The Morgan fingerprint density at radius 2 is 1.83 bits per heavy atom. The smallest absolute Gasteiger partial charge is 0.127 e. The van der Waals surface area contributed by atoms with Crippen LogP contribution in [0.25, 0.3) is 0 Å². The van der Waals surface area contributed by atoms with Crippen molar-refractivity contribution in [2.24, 2.45) is 4.99 Å². The van der Waals surface area contributed by atoms with E-state index in [1.165, 1.54) is 5.56 Å². The Balaban J connectivity index is 1.77. The minimum absolute atomic E-state index is 0.0906. The number of nitrogens with zero attached hydrogens (tertiary/aromatic N) is 1. The average Bonchev–Trinajstić information content (AvgIpc) is 2.75. The maximum absolute atomic E-state index is 10.5. The summed E-state index contributed by atoms with van der Waals surface area (Å²) in [6.07, 6.45) is 1.39. The number of benzene rings is 3. The van der Waals surface area contributed by atoms with Crippen LogP contribution in [0.3, 0.4) is 0 Å². The van der Waals surface area contributed by atoms with Crippen molar-refractivity contribution in [3.05, 3.63) is 98.5 Å². The number of aromatic hydroxyl groups is 1. The van der Waals surface area contributed by atoms with Gasteiger partial charge in [0.15, 0.2) is 0 Å². The molecule has 1 aliphatic rings. The molecule has 2 N–H and O–H groups in total. The first-order valence-electron chi connectivity index (χ1n) is 9.70. The maximum Gasteiger partial charge on any atom is 0.127 e. The van der Waals surface area contributed by atoms with Gasteiger partial charge in [-0.25, -0.2) is 0 Å². The first-order chi connectivity index (χ1) is 14.0. The molecule has 4 rings (SSSR count). The topological polar surface area (TPSA) is 44.6 Å². The van der Waals surface area contributed by atoms with Crippen LogP contribution in [0.15, 0.2) is 76.2 Å². The van der Waals surface area contributed by atoms with Crippen LogP contribution in [-0.4, -0.2) is 10.8 Å². The number of aliphatic imine (C=N–C) groups is 1. The molecule has 0 saturated heterocycles. The average molecular weight is 470 g/mol. The van der Waals surface area contributed by atoms with Crippen LogP contribution in [0, 0.1) is 0 Å². The van der Waals surface area contributed by atoms with Gasteiger partial charge in [-0.3, -0.25) is 10.3 Å². The monoisotopic (exact) mass is 468 g/mol. The number of rotatable bonds is 4. The summed E-state index contributed by atoms with van der Waals surface area (Å²) in [7, 11) is 0. The van der Waals surface area contributed by atoms with Gasteiger partial charge in [0.05, 0.1) is 0 Å². The van der Waals surface area contributed by atoms with Gasteiger partial charge in [-0.1, -0.05) is 76.9 Å². The summed E-state index contributed by atoms with van der Waals surface area (Å²) in [5.41, 5.74) is 5.16. The number of nitrogens with one attached hydrogen (secondary N) is 1. The van der Waals surface area contributed by atoms with E-state index in [1.54, 1.807) is 6.07 Å². The lowest BCUT2D eigenvalue weighted by Gasteiger charge is -2.31. The van der Waals surface area contributed by atoms with Gasteiger partial charge < -0.3 is 5.11 Å². The fraction of sp³-hybridized carbons (Fsp3) is 0.208. The number of aryl methyl sites for hydroxylation is 1. The molecule has 3 nitrogen and oxygen atoms in total. The maximum atomic E-state index is 10.5. The Hall–Kier alpha value is -2.14. The second-order valence-corrected chi connectivity index (χ2v) is 8.50. The van der Waals surface area contributed by atoms with E-state index in [4.69, 9.17) is 16.6 Å². The highest BCUT2D eigenvalue weighted by Crippen LogP contribution is 2.37. The Labute approximate surface area is 184 Å². The third-order valence-electron chi connectivity index (χ3n) is 5.30. The van der Waals surface area contributed by atoms with Crippen LogP contribution < -0.4 is 5.32 Å². The molecule has 2 unspecified atom stereocenters. The summed E-state index contributed by atoms with van der Waals surface area (Å²) < 4.78 is 0.928. The van der Waals surface area contributed by atoms with Crippen LogP contribution in [0.1, 0.15) is 47.8 Å². The van der Waals surface area contributed by atoms with Crippen LogP contribution in [0.2, 0.25) is 5.02 Å². The summed E-state index contributed by atoms with van der Waals surface area (Å²) >= 11 is 10.00. The zero-order valence-electron chi connectivity index (χ0n) is 16.1. The van der Waals surface area contributed by atoms with E-state index < -0.39 is 0 Å². The van der Waals surface area contributed by atoms with Crippen molar-refractivity contribution in [1.82, 2.24) is 5.32 Å². The Bertz CT molecular complexity index is 1050. The number of hydrogen-bond acceptors (Lipinski definition) is 3. The van der Waals surface area contributed by atoms with Crippen molar-refractivity contribution in [3.8, 4) is 5.75 Å². The van der Waals surface area contributed by atoms with Gasteiger partial charge in [0.25, 0.3) is 0 Å². The second kappa shape index (κ2) is 8.70. The van der Waals surface area contributed by atoms with Crippen molar-refractivity contribution in [3.63, 3.8) is 0 Å². The van der Waals surface area contributed by atoms with Crippen LogP contribution in [-0.2, 0) is 6.42 Å². The molecule has 0 spiro atoms. The largest absolute Gasteiger partial charge is 0.508 e. The molecule has 0 aromatic heterocycles. The van der Waals surface area contributed by atoms with Crippen molar-refractivity contribution in [2.45, 2.75) is 32.0 Å². The fourth-order valence-corrected chi connectivity index (χ4v) is 4.29. The fourth-order valence-electron chi connectivity index (χ4n) is 3.67. The molecule has 0 radical (unpaired) electrons. The van der Waals surface area contributed by atoms with Crippen molar-refractivity contribution < 1.29 is 5.11 Å². The quantitative estimate of drug-likeness (QED) is 0.452. The first kappa shape index (κ1) is 20.1. The predicted molar refractivity (Wildman–Crippen MR) is 123 cm³/mol. The molecule has 0 amide bonds. The molecule has 0 aliphatic carbocycles. The van der Waals surface area contributed by atoms with E-state index in [9.17, 15) is 5.11 Å². The Morgan fingerprint density at radius 1 is 1.07 bits per heavy atom. The minimum atomic E-state index is -0.290. The molecule has 0 fully saturated rings. The van der Waals surface area contributed by atoms with E-state index in [1.807, 2.05) is 36.4 Å². The molecule has 148 valence electrons. The summed E-state index contributed by atoms with van der Waals surface area (Å²) in [6, 6.07) is 21.7. The molecule has 5 heteroatoms. The summed E-state index contributed by atoms with van der Waals surface area (Å²) in [5.74, 6) is 0.270. The SMILES string of the molecule is CCc1ccc(C2=NC(c3ccccc3Cl)NC(c3cc(Br)ccc3O)C2)cc1. The standard InChI is InChI=1S/C24H22BrClN2O/c1-2-15-7-9-16(10-8-15)21-14-22(19-13-17(25)11-12-23(19)29)28-24(27-21)18-5-3-4-6-20(18)26/h3-13,22,24,28-29H,2,14H2,1H3. The van der Waals surface area contributed by atoms with E-state index in [0.717, 1.165) is 33.3 Å². The Kier molecular flexibility index (Phi) is 6.04. The third-order valence-corrected chi connectivity index (χ3v) is 6.14. The third kappa shape index (κ3) is 4.40. The minimum Gasteiger partial charge on any atom is -0.508 e. The van der Waals surface area contributed by atoms with Gasteiger partial charge in [0.1, 0.15) is 11.9 Å². The second-order valence-electron chi connectivity index (χ2n) is 7.18. The van der Waals surface area contributed by atoms with Crippen LogP contribution in [0.4, 0.5) is 0 Å². The van der Waals surface area contributed by atoms with Gasteiger partial charge >= 0.3 is 0 Å². The highest BCUT2D eigenvalue weighted by molar-refractivity contribution is 9.10. The molecule has 0 saturated carbocycles. The summed E-state index contributed by atoms with van der Waals surface area (Å²) in [4.78, 5) is 4.99. The number of hydrogen-bond donors (Lipinski definition) is 2. The normalized spacial score (nSPS) is 19.1. The van der Waals surface area contributed by atoms with Crippen molar-refractivity contribution >= 4 is 33.2 Å². The van der Waals surface area contributed by atoms with E-state index in [-0.39, 0.29) is 18.0 Å². The highest BCUT2D eigenvalue weighted by atomic mass is 79.9. The lowest BCUT2D eigenvalue weighted by atomic mass is 9.93. The van der Waals surface area contributed by atoms with Gasteiger partial charge in [0.2, 0.25) is 0 Å². The molecular formula is C24H22BrClN2O. The molecule has 3 aromatic rings. The van der Waals surface area contributed by atoms with Crippen LogP contribution >= 0.6 is 27.5 Å². The lowest BCUT2D eigenvalue weighted by Crippen LogP contribution is -2.33. The summed E-state index contributed by atoms with van der Waals surface area (Å²) in [6.45, 7) is 2.15. The van der Waals surface area contributed by atoms with E-state index >= 15 is 0 Å². The lowest BCUT2D eigenvalue weighted by molar-refractivity contribution is 0.412. The number of phenolic OH excluding ortho intramolecular Hbond substituents is 1. The van der Waals surface area contributed by atoms with Gasteiger partial charge in [-0.05, 0) is 41.8 Å². The Morgan fingerprint density at radius 3 is 2.55 bits per heavy atom. The molecule has 29 heavy (non-hydrogen) atoms. The molecule has 1 heterocycles. The van der Waals surface area contributed by atoms with Crippen LogP contribution in [0.5, 0.6) is 5.75 Å². The van der Waals surface area contributed by atoms with Gasteiger partial charge in [0, 0.05) is 38.8 Å². The molecule has 2 atom stereocenters. The molecule has 3 aromatic carbocycles. The molecular weight excluding hydrogens is 448 g/mol. The highest BCUT2D eigenvalue weighted by Gasteiger charge is 2.28.